The molecule has 1 aromatic carbocycles. The van der Waals surface area contributed by atoms with Gasteiger partial charge >= 0.3 is 5.97 Å². The smallest absolute Gasteiger partial charge is 0.323 e. The van der Waals surface area contributed by atoms with E-state index in [-0.39, 0.29) is 17.8 Å². The zero-order valence-electron chi connectivity index (χ0n) is 9.72. The summed E-state index contributed by atoms with van der Waals surface area (Å²) in [5.41, 5.74) is 0.872. The molecule has 0 heterocycles. The summed E-state index contributed by atoms with van der Waals surface area (Å²) in [6.07, 6.45) is 0. The van der Waals surface area contributed by atoms with Crippen LogP contribution < -0.4 is 0 Å². The Morgan fingerprint density at radius 2 is 2.29 bits per heavy atom. The Morgan fingerprint density at radius 3 is 2.82 bits per heavy atom. The topological polar surface area (TPSA) is 46.5 Å². The van der Waals surface area contributed by atoms with Crippen LogP contribution in [-0.2, 0) is 9.53 Å². The predicted molar refractivity (Wildman–Crippen MR) is 73.0 cm³/mol. The number of methoxy groups -OCH3 is 1. The molecule has 0 amide bonds. The fourth-order valence-corrected chi connectivity index (χ4v) is 2.80. The minimum atomic E-state index is -0.403. The van der Waals surface area contributed by atoms with E-state index in [1.807, 2.05) is 31.2 Å². The second kappa shape index (κ2) is 7.03. The number of benzene rings is 1. The van der Waals surface area contributed by atoms with Crippen LogP contribution in [0.4, 0.5) is 0 Å². The van der Waals surface area contributed by atoms with Crippen molar-refractivity contribution in [2.75, 3.05) is 13.7 Å². The van der Waals surface area contributed by atoms with Crippen molar-refractivity contribution in [3.63, 3.8) is 0 Å². The van der Waals surface area contributed by atoms with Crippen LogP contribution >= 0.6 is 27.7 Å². The number of ether oxygens (including phenoxy) is 1. The van der Waals surface area contributed by atoms with Crippen LogP contribution in [0.1, 0.15) is 17.7 Å². The van der Waals surface area contributed by atoms with Crippen LogP contribution in [0.25, 0.3) is 0 Å². The summed E-state index contributed by atoms with van der Waals surface area (Å²) in [4.78, 5) is 11.7. The van der Waals surface area contributed by atoms with E-state index in [4.69, 9.17) is 9.84 Å². The van der Waals surface area contributed by atoms with Gasteiger partial charge in [-0.25, -0.2) is 0 Å². The van der Waals surface area contributed by atoms with Crippen molar-refractivity contribution < 1.29 is 14.6 Å². The van der Waals surface area contributed by atoms with Crippen molar-refractivity contribution in [2.45, 2.75) is 17.4 Å². The van der Waals surface area contributed by atoms with Gasteiger partial charge in [0.05, 0.1) is 13.7 Å². The molecule has 2 atom stereocenters. The van der Waals surface area contributed by atoms with Gasteiger partial charge in [-0.1, -0.05) is 35.0 Å². The molecule has 17 heavy (non-hydrogen) atoms. The largest absolute Gasteiger partial charge is 0.468 e. The molecular weight excluding hydrogens is 304 g/mol. The van der Waals surface area contributed by atoms with Crippen molar-refractivity contribution in [3.8, 4) is 0 Å². The predicted octanol–water partition coefficient (Wildman–Crippen LogP) is 2.78. The highest BCUT2D eigenvalue weighted by Gasteiger charge is 2.24. The molecule has 3 nitrogen and oxygen atoms in total. The molecule has 0 unspecified atom stereocenters. The molecular formula is C12H15BrO3S. The Morgan fingerprint density at radius 1 is 1.59 bits per heavy atom. The standard InChI is InChI=1S/C12H15BrO3S/c1-8(7-14)17-11(12(15)16-2)9-4-3-5-10(13)6-9/h3-6,8,11,14H,7H2,1-2H3/t8-,11-/m1/s1. The number of halogens is 1. The van der Waals surface area contributed by atoms with Crippen LogP contribution in [0.15, 0.2) is 28.7 Å². The van der Waals surface area contributed by atoms with E-state index in [2.05, 4.69) is 15.9 Å². The lowest BCUT2D eigenvalue weighted by Crippen LogP contribution is -2.15. The first-order valence-corrected chi connectivity index (χ1v) is 6.91. The maximum absolute atomic E-state index is 11.7. The average molecular weight is 319 g/mol. The highest BCUT2D eigenvalue weighted by atomic mass is 79.9. The number of carbonyl (C=O) groups excluding carboxylic acids is 1. The fourth-order valence-electron chi connectivity index (χ4n) is 1.32. The van der Waals surface area contributed by atoms with Crippen LogP contribution in [0.3, 0.4) is 0 Å². The summed E-state index contributed by atoms with van der Waals surface area (Å²) >= 11 is 4.77. The summed E-state index contributed by atoms with van der Waals surface area (Å²) in [6.45, 7) is 1.91. The minimum absolute atomic E-state index is 0.0157. The van der Waals surface area contributed by atoms with E-state index in [0.717, 1.165) is 10.0 Å². The third-order valence-corrected chi connectivity index (χ3v) is 4.04. The lowest BCUT2D eigenvalue weighted by atomic mass is 10.1. The van der Waals surface area contributed by atoms with Gasteiger partial charge in [-0.2, -0.15) is 0 Å². The molecule has 0 saturated carbocycles. The molecule has 0 aromatic heterocycles. The molecule has 5 heteroatoms. The molecule has 0 spiro atoms. The number of aliphatic hydroxyl groups is 1. The zero-order valence-corrected chi connectivity index (χ0v) is 12.1. The number of aliphatic hydroxyl groups excluding tert-OH is 1. The van der Waals surface area contributed by atoms with Gasteiger partial charge in [0.2, 0.25) is 0 Å². The first-order valence-electron chi connectivity index (χ1n) is 5.18. The number of hydrogen-bond acceptors (Lipinski definition) is 4. The monoisotopic (exact) mass is 318 g/mol. The molecule has 94 valence electrons. The molecule has 0 bridgehead atoms. The summed E-state index contributed by atoms with van der Waals surface area (Å²) in [5.74, 6) is -0.298. The first kappa shape index (κ1) is 14.5. The lowest BCUT2D eigenvalue weighted by Gasteiger charge is -2.18. The van der Waals surface area contributed by atoms with Gasteiger partial charge < -0.3 is 9.84 Å². The molecule has 1 aromatic rings. The molecule has 0 aliphatic heterocycles. The van der Waals surface area contributed by atoms with Crippen molar-refractivity contribution in [3.05, 3.63) is 34.3 Å². The van der Waals surface area contributed by atoms with Gasteiger partial charge in [0.1, 0.15) is 5.25 Å². The van der Waals surface area contributed by atoms with Crippen LogP contribution in [-0.4, -0.2) is 30.0 Å². The van der Waals surface area contributed by atoms with Gasteiger partial charge in [-0.05, 0) is 17.7 Å². The molecule has 1 N–H and O–H groups in total. The first-order chi connectivity index (χ1) is 8.08. The normalized spacial score (nSPS) is 14.1. The molecule has 0 radical (unpaired) electrons. The Labute approximate surface area is 114 Å². The summed E-state index contributed by atoms with van der Waals surface area (Å²) in [7, 11) is 1.37. The Hall–Kier alpha value is -0.520. The highest BCUT2D eigenvalue weighted by Crippen LogP contribution is 2.34. The number of thioether (sulfide) groups is 1. The van der Waals surface area contributed by atoms with Gasteiger partial charge in [-0.15, -0.1) is 11.8 Å². The van der Waals surface area contributed by atoms with E-state index in [1.54, 1.807) is 0 Å². The van der Waals surface area contributed by atoms with Crippen LogP contribution in [0, 0.1) is 0 Å². The van der Waals surface area contributed by atoms with Gasteiger partial charge in [-0.3, -0.25) is 4.79 Å². The zero-order chi connectivity index (χ0) is 12.8. The Balaban J connectivity index is 2.93. The summed E-state index contributed by atoms with van der Waals surface area (Å²) < 4.78 is 5.71. The van der Waals surface area contributed by atoms with Gasteiger partial charge in [0, 0.05) is 9.72 Å². The van der Waals surface area contributed by atoms with Gasteiger partial charge in [0.15, 0.2) is 0 Å². The maximum atomic E-state index is 11.7. The molecule has 0 aliphatic rings. The van der Waals surface area contributed by atoms with E-state index in [9.17, 15) is 4.79 Å². The minimum Gasteiger partial charge on any atom is -0.468 e. The molecule has 0 saturated heterocycles. The van der Waals surface area contributed by atoms with Crippen molar-refractivity contribution in [1.82, 2.24) is 0 Å². The summed E-state index contributed by atoms with van der Waals surface area (Å²) in [5, 5.41) is 8.64. The number of esters is 1. The third-order valence-electron chi connectivity index (χ3n) is 2.19. The van der Waals surface area contributed by atoms with Crippen LogP contribution in [0.2, 0.25) is 0 Å². The Bertz CT molecular complexity index is 384. The van der Waals surface area contributed by atoms with E-state index >= 15 is 0 Å². The van der Waals surface area contributed by atoms with E-state index in [1.165, 1.54) is 18.9 Å². The van der Waals surface area contributed by atoms with Crippen molar-refractivity contribution >= 4 is 33.7 Å². The van der Waals surface area contributed by atoms with Crippen LogP contribution in [0.5, 0.6) is 0 Å². The maximum Gasteiger partial charge on any atom is 0.323 e. The third kappa shape index (κ3) is 4.33. The lowest BCUT2D eigenvalue weighted by molar-refractivity contribution is -0.140. The molecule has 0 fully saturated rings. The Kier molecular flexibility index (Phi) is 6.02. The van der Waals surface area contributed by atoms with Gasteiger partial charge in [0.25, 0.3) is 0 Å². The molecule has 1 rings (SSSR count). The van der Waals surface area contributed by atoms with Crippen molar-refractivity contribution in [1.29, 1.82) is 0 Å². The number of rotatable bonds is 5. The quantitative estimate of drug-likeness (QED) is 0.848. The second-order valence-corrected chi connectivity index (χ2v) is 6.05. The van der Waals surface area contributed by atoms with E-state index < -0.39 is 5.25 Å². The number of hydrogen-bond donors (Lipinski definition) is 1. The summed E-state index contributed by atoms with van der Waals surface area (Å²) in [6, 6.07) is 7.54. The van der Waals surface area contributed by atoms with Crippen molar-refractivity contribution in [2.24, 2.45) is 0 Å². The average Bonchev–Trinajstić information content (AvgIpc) is 2.34. The molecule has 0 aliphatic carbocycles. The highest BCUT2D eigenvalue weighted by molar-refractivity contribution is 9.10. The second-order valence-electron chi connectivity index (χ2n) is 3.59. The number of carbonyl (C=O) groups is 1. The van der Waals surface area contributed by atoms with E-state index in [0.29, 0.717) is 0 Å². The SMILES string of the molecule is COC(=O)[C@H](S[C@H](C)CO)c1cccc(Br)c1. The fraction of sp³-hybridized carbons (Fsp3) is 0.417.